The second-order valence-electron chi connectivity index (χ2n) is 6.91. The summed E-state index contributed by atoms with van der Waals surface area (Å²) in [5.74, 6) is 0.548. The number of likely N-dealkylation sites (tertiary alicyclic amines) is 1. The summed E-state index contributed by atoms with van der Waals surface area (Å²) >= 11 is 6.23. The summed E-state index contributed by atoms with van der Waals surface area (Å²) in [5.41, 5.74) is 1.05. The molecule has 1 aromatic heterocycles. The van der Waals surface area contributed by atoms with Gasteiger partial charge in [0, 0.05) is 19.1 Å². The van der Waals surface area contributed by atoms with Crippen LogP contribution in [0.5, 0.6) is 0 Å². The summed E-state index contributed by atoms with van der Waals surface area (Å²) in [6.45, 7) is 6.79. The van der Waals surface area contributed by atoms with E-state index in [-0.39, 0.29) is 12.1 Å². The molecule has 0 radical (unpaired) electrons. The minimum absolute atomic E-state index is 0.0745. The second kappa shape index (κ2) is 6.43. The molecule has 7 heteroatoms. The summed E-state index contributed by atoms with van der Waals surface area (Å²) in [4.78, 5) is 22.7. The van der Waals surface area contributed by atoms with E-state index >= 15 is 0 Å². The van der Waals surface area contributed by atoms with Crippen LogP contribution in [0.25, 0.3) is 11.0 Å². The predicted octanol–water partition coefficient (Wildman–Crippen LogP) is 3.70. The molecule has 128 valence electrons. The number of nitrogens with zero attached hydrogens (tertiary/aromatic N) is 3. The van der Waals surface area contributed by atoms with Crippen molar-refractivity contribution in [2.24, 2.45) is 0 Å². The third-order valence-electron chi connectivity index (χ3n) is 3.71. The van der Waals surface area contributed by atoms with Gasteiger partial charge in [-0.2, -0.15) is 0 Å². The lowest BCUT2D eigenvalue weighted by Crippen LogP contribution is -2.36. The number of benzene rings is 1. The first kappa shape index (κ1) is 16.8. The number of aromatic nitrogens is 2. The van der Waals surface area contributed by atoms with Gasteiger partial charge >= 0.3 is 6.09 Å². The smallest absolute Gasteiger partial charge is 0.410 e. The van der Waals surface area contributed by atoms with Crippen molar-refractivity contribution in [1.82, 2.24) is 14.9 Å². The van der Waals surface area contributed by atoms with Crippen LogP contribution in [-0.4, -0.2) is 45.7 Å². The molecule has 1 amide bonds. The van der Waals surface area contributed by atoms with Gasteiger partial charge in [0.2, 0.25) is 0 Å². The molecule has 1 aromatic carbocycles. The third-order valence-corrected chi connectivity index (χ3v) is 3.97. The molecule has 2 heterocycles. The summed E-state index contributed by atoms with van der Waals surface area (Å²) < 4.78 is 5.41. The van der Waals surface area contributed by atoms with Crippen LogP contribution >= 0.6 is 11.6 Å². The predicted molar refractivity (Wildman–Crippen MR) is 94.4 cm³/mol. The highest BCUT2D eigenvalue weighted by Gasteiger charge is 2.30. The Balaban J connectivity index is 1.67. The minimum atomic E-state index is -0.490. The molecule has 1 aliphatic rings. The molecule has 1 atom stereocenters. The molecule has 0 spiro atoms. The number of para-hydroxylation sites is 2. The van der Waals surface area contributed by atoms with Crippen LogP contribution in [0.2, 0.25) is 5.15 Å². The number of amides is 1. The maximum atomic E-state index is 12.1. The monoisotopic (exact) mass is 348 g/mol. The molecule has 0 bridgehead atoms. The van der Waals surface area contributed by atoms with Crippen LogP contribution in [0.15, 0.2) is 24.3 Å². The number of carbonyl (C=O) groups is 1. The van der Waals surface area contributed by atoms with E-state index in [0.29, 0.717) is 24.1 Å². The standard InChI is InChI=1S/C17H21ClN4O2/c1-17(2,3)24-16(23)22-9-8-11(10-22)19-15-14(18)20-12-6-4-5-7-13(12)21-15/h4-7,11H,8-10H2,1-3H3,(H,19,21)/t11-/m0/s1. The van der Waals surface area contributed by atoms with Crippen LogP contribution in [0, 0.1) is 0 Å². The first-order chi connectivity index (χ1) is 11.3. The summed E-state index contributed by atoms with van der Waals surface area (Å²) in [5, 5.41) is 3.63. The Hall–Kier alpha value is -2.08. The van der Waals surface area contributed by atoms with Gasteiger partial charge in [-0.25, -0.2) is 14.8 Å². The zero-order valence-electron chi connectivity index (χ0n) is 14.0. The van der Waals surface area contributed by atoms with Gasteiger partial charge in [0.15, 0.2) is 11.0 Å². The van der Waals surface area contributed by atoms with Crippen molar-refractivity contribution in [3.63, 3.8) is 0 Å². The van der Waals surface area contributed by atoms with E-state index in [4.69, 9.17) is 16.3 Å². The van der Waals surface area contributed by atoms with Gasteiger partial charge < -0.3 is 15.0 Å². The Morgan fingerprint density at radius 1 is 1.29 bits per heavy atom. The zero-order chi connectivity index (χ0) is 17.3. The minimum Gasteiger partial charge on any atom is -0.444 e. The van der Waals surface area contributed by atoms with E-state index in [1.165, 1.54) is 0 Å². The topological polar surface area (TPSA) is 67.3 Å². The zero-order valence-corrected chi connectivity index (χ0v) is 14.8. The summed E-state index contributed by atoms with van der Waals surface area (Å²) in [6.07, 6.45) is 0.520. The number of anilines is 1. The first-order valence-corrected chi connectivity index (χ1v) is 8.36. The summed E-state index contributed by atoms with van der Waals surface area (Å²) in [6, 6.07) is 7.65. The number of rotatable bonds is 2. The average molecular weight is 349 g/mol. The van der Waals surface area contributed by atoms with Gasteiger partial charge in [-0.15, -0.1) is 0 Å². The quantitative estimate of drug-likeness (QED) is 0.896. The van der Waals surface area contributed by atoms with Crippen LogP contribution in [-0.2, 0) is 4.74 Å². The van der Waals surface area contributed by atoms with Crippen molar-refractivity contribution in [1.29, 1.82) is 0 Å². The maximum absolute atomic E-state index is 12.1. The number of ether oxygens (including phenoxy) is 1. The molecule has 1 saturated heterocycles. The fourth-order valence-corrected chi connectivity index (χ4v) is 2.82. The molecule has 0 saturated carbocycles. The van der Waals surface area contributed by atoms with E-state index < -0.39 is 5.60 Å². The molecule has 1 aliphatic heterocycles. The van der Waals surface area contributed by atoms with E-state index in [9.17, 15) is 4.79 Å². The fraction of sp³-hybridized carbons (Fsp3) is 0.471. The Morgan fingerprint density at radius 2 is 1.96 bits per heavy atom. The number of nitrogens with one attached hydrogen (secondary N) is 1. The second-order valence-corrected chi connectivity index (χ2v) is 7.27. The van der Waals surface area contributed by atoms with Crippen LogP contribution < -0.4 is 5.32 Å². The first-order valence-electron chi connectivity index (χ1n) is 7.98. The fourth-order valence-electron chi connectivity index (χ4n) is 2.63. The van der Waals surface area contributed by atoms with Crippen molar-refractivity contribution in [2.75, 3.05) is 18.4 Å². The summed E-state index contributed by atoms with van der Waals surface area (Å²) in [7, 11) is 0. The molecule has 1 N–H and O–H groups in total. The average Bonchev–Trinajstić information content (AvgIpc) is 2.95. The Bertz CT molecular complexity index is 760. The van der Waals surface area contributed by atoms with E-state index in [1.807, 2.05) is 45.0 Å². The molecule has 2 aromatic rings. The molecule has 3 rings (SSSR count). The molecular formula is C17H21ClN4O2. The van der Waals surface area contributed by atoms with Gasteiger partial charge in [-0.3, -0.25) is 0 Å². The molecule has 1 fully saturated rings. The van der Waals surface area contributed by atoms with Crippen molar-refractivity contribution < 1.29 is 9.53 Å². The number of carbonyl (C=O) groups excluding carboxylic acids is 1. The molecular weight excluding hydrogens is 328 g/mol. The van der Waals surface area contributed by atoms with E-state index in [0.717, 1.165) is 17.5 Å². The van der Waals surface area contributed by atoms with Crippen molar-refractivity contribution in [2.45, 2.75) is 38.8 Å². The largest absolute Gasteiger partial charge is 0.444 e. The SMILES string of the molecule is CC(C)(C)OC(=O)N1CC[C@H](Nc2nc3ccccc3nc2Cl)C1. The van der Waals surface area contributed by atoms with E-state index in [2.05, 4.69) is 15.3 Å². The highest BCUT2D eigenvalue weighted by Crippen LogP contribution is 2.24. The lowest BCUT2D eigenvalue weighted by Gasteiger charge is -2.24. The lowest BCUT2D eigenvalue weighted by atomic mass is 10.2. The number of fused-ring (bicyclic) bond motifs is 1. The lowest BCUT2D eigenvalue weighted by molar-refractivity contribution is 0.0293. The Labute approximate surface area is 146 Å². The maximum Gasteiger partial charge on any atom is 0.410 e. The van der Waals surface area contributed by atoms with Gasteiger partial charge in [-0.05, 0) is 39.3 Å². The van der Waals surface area contributed by atoms with Crippen LogP contribution in [0.4, 0.5) is 10.6 Å². The Morgan fingerprint density at radius 3 is 2.62 bits per heavy atom. The number of halogens is 1. The molecule has 6 nitrogen and oxygen atoms in total. The highest BCUT2D eigenvalue weighted by atomic mass is 35.5. The van der Waals surface area contributed by atoms with Crippen molar-refractivity contribution in [3.05, 3.63) is 29.4 Å². The normalized spacial score (nSPS) is 18.0. The third kappa shape index (κ3) is 3.87. The molecule has 24 heavy (non-hydrogen) atoms. The molecule has 0 aliphatic carbocycles. The van der Waals surface area contributed by atoms with Gasteiger partial charge in [0.1, 0.15) is 5.60 Å². The van der Waals surface area contributed by atoms with Gasteiger partial charge in [-0.1, -0.05) is 23.7 Å². The number of hydrogen-bond donors (Lipinski definition) is 1. The van der Waals surface area contributed by atoms with Gasteiger partial charge in [0.05, 0.1) is 11.0 Å². The Kier molecular flexibility index (Phi) is 4.49. The van der Waals surface area contributed by atoms with Crippen LogP contribution in [0.1, 0.15) is 27.2 Å². The van der Waals surface area contributed by atoms with E-state index in [1.54, 1.807) is 4.90 Å². The number of hydrogen-bond acceptors (Lipinski definition) is 5. The van der Waals surface area contributed by atoms with Gasteiger partial charge in [0.25, 0.3) is 0 Å². The molecule has 0 unspecified atom stereocenters. The van der Waals surface area contributed by atoms with Crippen LogP contribution in [0.3, 0.4) is 0 Å². The van der Waals surface area contributed by atoms with Crippen molar-refractivity contribution in [3.8, 4) is 0 Å². The highest BCUT2D eigenvalue weighted by molar-refractivity contribution is 6.32. The van der Waals surface area contributed by atoms with Crippen molar-refractivity contribution >= 4 is 34.5 Å².